The molecule has 1 aromatic rings. The quantitative estimate of drug-likeness (QED) is 0.839. The number of rotatable bonds is 3. The molecule has 1 aromatic carbocycles. The van der Waals surface area contributed by atoms with Gasteiger partial charge in [0.05, 0.1) is 10.0 Å². The summed E-state index contributed by atoms with van der Waals surface area (Å²) in [4.78, 5) is 12.2. The lowest BCUT2D eigenvalue weighted by atomic mass is 9.92. The van der Waals surface area contributed by atoms with E-state index >= 15 is 0 Å². The lowest BCUT2D eigenvalue weighted by Gasteiger charge is -2.21. The molecule has 1 heterocycles. The molecule has 1 aliphatic rings. The van der Waals surface area contributed by atoms with E-state index in [9.17, 15) is 4.79 Å². The predicted octanol–water partition coefficient (Wildman–Crippen LogP) is 3.67. The summed E-state index contributed by atoms with van der Waals surface area (Å²) in [6.45, 7) is 2.51. The second-order valence-corrected chi connectivity index (χ2v) is 5.28. The normalized spacial score (nSPS) is 23.9. The van der Waals surface area contributed by atoms with E-state index in [0.717, 1.165) is 18.4 Å². The molecule has 0 N–H and O–H groups in total. The number of hydrogen-bond donors (Lipinski definition) is 0. The van der Waals surface area contributed by atoms with E-state index in [4.69, 9.17) is 27.9 Å². The van der Waals surface area contributed by atoms with Crippen LogP contribution in [0.1, 0.15) is 25.3 Å². The number of ketones is 1. The smallest absolute Gasteiger partial charge is 0.168 e. The van der Waals surface area contributed by atoms with Crippen LogP contribution < -0.4 is 0 Å². The maximum Gasteiger partial charge on any atom is 0.168 e. The van der Waals surface area contributed by atoms with Crippen molar-refractivity contribution in [3.05, 3.63) is 33.8 Å². The molecule has 0 amide bonds. The highest BCUT2D eigenvalue weighted by atomic mass is 35.5. The van der Waals surface area contributed by atoms with Crippen LogP contribution in [0.4, 0.5) is 0 Å². The summed E-state index contributed by atoms with van der Waals surface area (Å²) < 4.78 is 5.52. The second-order valence-electron chi connectivity index (χ2n) is 4.50. The average Bonchev–Trinajstić information content (AvgIpc) is 2.73. The average molecular weight is 273 g/mol. The van der Waals surface area contributed by atoms with E-state index in [0.29, 0.717) is 16.7 Å². The summed E-state index contributed by atoms with van der Waals surface area (Å²) in [5.74, 6) is 0.0687. The second kappa shape index (κ2) is 4.97. The van der Waals surface area contributed by atoms with Gasteiger partial charge >= 0.3 is 0 Å². The largest absolute Gasteiger partial charge is 0.367 e. The van der Waals surface area contributed by atoms with Gasteiger partial charge in [0.2, 0.25) is 0 Å². The van der Waals surface area contributed by atoms with E-state index in [1.165, 1.54) is 0 Å². The molecule has 1 aliphatic heterocycles. The number of carbonyl (C=O) groups excluding carboxylic acids is 1. The molecule has 0 spiro atoms. The van der Waals surface area contributed by atoms with Crippen LogP contribution in [0.25, 0.3) is 0 Å². The Morgan fingerprint density at radius 3 is 2.88 bits per heavy atom. The molecule has 92 valence electrons. The molecule has 0 aliphatic carbocycles. The summed E-state index contributed by atoms with van der Waals surface area (Å²) in [5.41, 5.74) is 0.118. The van der Waals surface area contributed by atoms with Crippen LogP contribution in [0.2, 0.25) is 10.0 Å². The fourth-order valence-electron chi connectivity index (χ4n) is 2.04. The van der Waals surface area contributed by atoms with Gasteiger partial charge in [0, 0.05) is 13.0 Å². The number of Topliss-reactive ketones (excluding diaryl/α,β-unsaturated/α-hetero) is 1. The Labute approximate surface area is 111 Å². The number of ether oxygens (including phenoxy) is 1. The summed E-state index contributed by atoms with van der Waals surface area (Å²) in [5, 5.41) is 0.943. The number of carbonyl (C=O) groups is 1. The topological polar surface area (TPSA) is 26.3 Å². The van der Waals surface area contributed by atoms with Crippen LogP contribution in [0.3, 0.4) is 0 Å². The first-order valence-corrected chi connectivity index (χ1v) is 6.39. The van der Waals surface area contributed by atoms with Crippen molar-refractivity contribution in [3.63, 3.8) is 0 Å². The van der Waals surface area contributed by atoms with Crippen molar-refractivity contribution in [1.29, 1.82) is 0 Å². The molecule has 0 aromatic heterocycles. The molecule has 1 atom stereocenters. The third-order valence-corrected chi connectivity index (χ3v) is 4.05. The van der Waals surface area contributed by atoms with E-state index < -0.39 is 5.60 Å². The SMILES string of the molecule is CC1(C(=O)Cc2cccc(Cl)c2Cl)CCCO1. The van der Waals surface area contributed by atoms with Crippen molar-refractivity contribution in [1.82, 2.24) is 0 Å². The third kappa shape index (κ3) is 2.65. The number of benzene rings is 1. The van der Waals surface area contributed by atoms with Crippen LogP contribution >= 0.6 is 23.2 Å². The van der Waals surface area contributed by atoms with E-state index in [1.807, 2.05) is 13.0 Å². The van der Waals surface area contributed by atoms with Crippen molar-refractivity contribution < 1.29 is 9.53 Å². The fraction of sp³-hybridized carbons (Fsp3) is 0.462. The Hall–Kier alpha value is -0.570. The molecule has 1 saturated heterocycles. The summed E-state index contributed by atoms with van der Waals surface area (Å²) >= 11 is 12.0. The Kier molecular flexibility index (Phi) is 3.76. The number of hydrogen-bond acceptors (Lipinski definition) is 2. The summed E-state index contributed by atoms with van der Waals surface area (Å²) in [7, 11) is 0. The van der Waals surface area contributed by atoms with Crippen molar-refractivity contribution in [2.45, 2.75) is 31.8 Å². The van der Waals surface area contributed by atoms with Gasteiger partial charge in [0.15, 0.2) is 5.78 Å². The fourth-order valence-corrected chi connectivity index (χ4v) is 2.43. The first-order chi connectivity index (χ1) is 8.03. The molecule has 1 unspecified atom stereocenters. The maximum atomic E-state index is 12.2. The molecule has 2 nitrogen and oxygen atoms in total. The lowest BCUT2D eigenvalue weighted by molar-refractivity contribution is -0.136. The number of halogens is 2. The van der Waals surface area contributed by atoms with Gasteiger partial charge < -0.3 is 4.74 Å². The van der Waals surface area contributed by atoms with Gasteiger partial charge in [0.25, 0.3) is 0 Å². The molecule has 17 heavy (non-hydrogen) atoms. The molecular weight excluding hydrogens is 259 g/mol. The molecule has 0 saturated carbocycles. The van der Waals surface area contributed by atoms with E-state index in [1.54, 1.807) is 12.1 Å². The molecule has 4 heteroatoms. The Balaban J connectivity index is 2.16. The van der Waals surface area contributed by atoms with Crippen LogP contribution in [0, 0.1) is 0 Å². The Bertz CT molecular complexity index is 437. The predicted molar refractivity (Wildman–Crippen MR) is 68.8 cm³/mol. The standard InChI is InChI=1S/C13H14Cl2O2/c1-13(6-3-7-17-13)11(16)8-9-4-2-5-10(14)12(9)15/h2,4-5H,3,6-8H2,1H3. The summed E-state index contributed by atoms with van der Waals surface area (Å²) in [6, 6.07) is 5.34. The molecule has 0 bridgehead atoms. The minimum atomic E-state index is -0.647. The minimum Gasteiger partial charge on any atom is -0.367 e. The van der Waals surface area contributed by atoms with Crippen LogP contribution in [0.15, 0.2) is 18.2 Å². The maximum absolute atomic E-state index is 12.2. The highest BCUT2D eigenvalue weighted by Gasteiger charge is 2.37. The minimum absolute atomic E-state index is 0.0687. The van der Waals surface area contributed by atoms with Crippen molar-refractivity contribution in [3.8, 4) is 0 Å². The van der Waals surface area contributed by atoms with Gasteiger partial charge in [-0.3, -0.25) is 4.79 Å². The third-order valence-electron chi connectivity index (χ3n) is 3.19. The van der Waals surface area contributed by atoms with Crippen molar-refractivity contribution in [2.24, 2.45) is 0 Å². The van der Waals surface area contributed by atoms with E-state index in [2.05, 4.69) is 0 Å². The first kappa shape index (κ1) is 12.9. The zero-order chi connectivity index (χ0) is 12.5. The molecule has 1 fully saturated rings. The monoisotopic (exact) mass is 272 g/mol. The first-order valence-electron chi connectivity index (χ1n) is 5.63. The highest BCUT2D eigenvalue weighted by Crippen LogP contribution is 2.30. The lowest BCUT2D eigenvalue weighted by Crippen LogP contribution is -2.35. The summed E-state index contributed by atoms with van der Waals surface area (Å²) in [6.07, 6.45) is 1.99. The van der Waals surface area contributed by atoms with Crippen LogP contribution in [-0.2, 0) is 16.0 Å². The van der Waals surface area contributed by atoms with E-state index in [-0.39, 0.29) is 12.2 Å². The van der Waals surface area contributed by atoms with Crippen LogP contribution in [-0.4, -0.2) is 18.0 Å². The van der Waals surface area contributed by atoms with Gasteiger partial charge in [-0.25, -0.2) is 0 Å². The Morgan fingerprint density at radius 2 is 2.24 bits per heavy atom. The molecule has 2 rings (SSSR count). The van der Waals surface area contributed by atoms with Crippen molar-refractivity contribution in [2.75, 3.05) is 6.61 Å². The zero-order valence-electron chi connectivity index (χ0n) is 9.63. The zero-order valence-corrected chi connectivity index (χ0v) is 11.1. The van der Waals surface area contributed by atoms with Gasteiger partial charge in [0.1, 0.15) is 5.60 Å². The highest BCUT2D eigenvalue weighted by molar-refractivity contribution is 6.42. The van der Waals surface area contributed by atoms with Gasteiger partial charge in [-0.15, -0.1) is 0 Å². The van der Waals surface area contributed by atoms with Gasteiger partial charge in [-0.2, -0.15) is 0 Å². The molecular formula is C13H14Cl2O2. The Morgan fingerprint density at radius 1 is 1.47 bits per heavy atom. The van der Waals surface area contributed by atoms with Gasteiger partial charge in [-0.1, -0.05) is 35.3 Å². The van der Waals surface area contributed by atoms with Gasteiger partial charge in [-0.05, 0) is 31.4 Å². The van der Waals surface area contributed by atoms with Crippen molar-refractivity contribution >= 4 is 29.0 Å². The molecule has 0 radical (unpaired) electrons. The van der Waals surface area contributed by atoms with Crippen LogP contribution in [0.5, 0.6) is 0 Å².